The highest BCUT2D eigenvalue weighted by atomic mass is 16.5. The summed E-state index contributed by atoms with van der Waals surface area (Å²) in [7, 11) is 1.76. The summed E-state index contributed by atoms with van der Waals surface area (Å²) in [5.41, 5.74) is 1.30. The molecule has 4 heteroatoms. The second kappa shape index (κ2) is 5.65. The number of ether oxygens (including phenoxy) is 1. The van der Waals surface area contributed by atoms with Gasteiger partial charge in [0, 0.05) is 19.3 Å². The Labute approximate surface area is 103 Å². The molecule has 96 valence electrons. The number of imidazole rings is 1. The maximum absolute atomic E-state index is 5.34. The van der Waals surface area contributed by atoms with Crippen LogP contribution in [0.2, 0.25) is 0 Å². The van der Waals surface area contributed by atoms with E-state index in [1.54, 1.807) is 7.11 Å². The maximum Gasteiger partial charge on any atom is 0.0952 e. The summed E-state index contributed by atoms with van der Waals surface area (Å²) in [6.45, 7) is 6.32. The molecule has 17 heavy (non-hydrogen) atoms. The Hall–Kier alpha value is -0.870. The van der Waals surface area contributed by atoms with Crippen molar-refractivity contribution in [1.82, 2.24) is 14.9 Å². The molecule has 0 aromatic carbocycles. The Bertz CT molecular complexity index is 342. The van der Waals surface area contributed by atoms with Gasteiger partial charge < -0.3 is 14.6 Å². The van der Waals surface area contributed by atoms with E-state index < -0.39 is 0 Å². The molecule has 0 aliphatic carbocycles. The molecule has 1 saturated heterocycles. The van der Waals surface area contributed by atoms with E-state index in [9.17, 15) is 0 Å². The Morgan fingerprint density at radius 3 is 3.00 bits per heavy atom. The van der Waals surface area contributed by atoms with Gasteiger partial charge in [-0.05, 0) is 25.3 Å². The smallest absolute Gasteiger partial charge is 0.0952 e. The minimum Gasteiger partial charge on any atom is -0.383 e. The van der Waals surface area contributed by atoms with E-state index >= 15 is 0 Å². The van der Waals surface area contributed by atoms with Gasteiger partial charge in [0.1, 0.15) is 0 Å². The second-order valence-electron chi connectivity index (χ2n) is 5.14. The minimum absolute atomic E-state index is 0.375. The van der Waals surface area contributed by atoms with Crippen LogP contribution in [0.15, 0.2) is 12.5 Å². The maximum atomic E-state index is 5.34. The number of rotatable bonds is 5. The van der Waals surface area contributed by atoms with Crippen LogP contribution in [0.3, 0.4) is 0 Å². The summed E-state index contributed by atoms with van der Waals surface area (Å²) in [5.74, 6) is 0.546. The summed E-state index contributed by atoms with van der Waals surface area (Å²) >= 11 is 0. The van der Waals surface area contributed by atoms with Crippen LogP contribution in [-0.2, 0) is 4.74 Å². The number of hydrogen-bond donors (Lipinski definition) is 1. The molecule has 1 aliphatic heterocycles. The monoisotopic (exact) mass is 237 g/mol. The molecule has 1 N–H and O–H groups in total. The van der Waals surface area contributed by atoms with Crippen LogP contribution in [0, 0.1) is 5.92 Å². The van der Waals surface area contributed by atoms with Crippen molar-refractivity contribution in [3.8, 4) is 0 Å². The Balaban J connectivity index is 2.21. The van der Waals surface area contributed by atoms with Gasteiger partial charge in [0.15, 0.2) is 0 Å². The van der Waals surface area contributed by atoms with E-state index in [1.807, 2.05) is 12.5 Å². The van der Waals surface area contributed by atoms with Gasteiger partial charge in [0.2, 0.25) is 0 Å². The molecular weight excluding hydrogens is 214 g/mol. The molecule has 2 rings (SSSR count). The number of nitrogens with zero attached hydrogens (tertiary/aromatic N) is 2. The first kappa shape index (κ1) is 12.6. The number of nitrogens with one attached hydrogen (secondary N) is 1. The third-order valence-corrected chi connectivity index (χ3v) is 3.58. The van der Waals surface area contributed by atoms with Crippen LogP contribution in [0.25, 0.3) is 0 Å². The second-order valence-corrected chi connectivity index (χ2v) is 5.14. The lowest BCUT2D eigenvalue weighted by Crippen LogP contribution is -2.25. The zero-order valence-electron chi connectivity index (χ0n) is 11.0. The summed E-state index contributed by atoms with van der Waals surface area (Å²) < 4.78 is 7.63. The predicted octanol–water partition coefficient (Wildman–Crippen LogP) is 2.15. The quantitative estimate of drug-likeness (QED) is 0.853. The summed E-state index contributed by atoms with van der Waals surface area (Å²) in [5, 5.41) is 3.53. The lowest BCUT2D eigenvalue weighted by atomic mass is 10.0. The van der Waals surface area contributed by atoms with Crippen LogP contribution in [-0.4, -0.2) is 29.8 Å². The minimum atomic E-state index is 0.375. The van der Waals surface area contributed by atoms with Crippen molar-refractivity contribution in [2.45, 2.75) is 38.8 Å². The average molecular weight is 237 g/mol. The van der Waals surface area contributed by atoms with Gasteiger partial charge in [-0.1, -0.05) is 13.8 Å². The van der Waals surface area contributed by atoms with Gasteiger partial charge in [-0.25, -0.2) is 4.98 Å². The number of hydrogen-bond acceptors (Lipinski definition) is 3. The highest BCUT2D eigenvalue weighted by molar-refractivity contribution is 5.09. The summed E-state index contributed by atoms with van der Waals surface area (Å²) in [6, 6.07) is 0.843. The van der Waals surface area contributed by atoms with E-state index in [2.05, 4.69) is 28.7 Å². The zero-order chi connectivity index (χ0) is 12.3. The molecule has 2 atom stereocenters. The Morgan fingerprint density at radius 2 is 2.41 bits per heavy atom. The van der Waals surface area contributed by atoms with Gasteiger partial charge in [0.25, 0.3) is 0 Å². The SMILES string of the molecule is COCC(C(C)C)n1cncc1C1CCCN1. The van der Waals surface area contributed by atoms with Crippen LogP contribution in [0.4, 0.5) is 0 Å². The van der Waals surface area contributed by atoms with E-state index in [0.29, 0.717) is 18.0 Å². The fraction of sp³-hybridized carbons (Fsp3) is 0.769. The first-order valence-electron chi connectivity index (χ1n) is 6.48. The van der Waals surface area contributed by atoms with Crippen molar-refractivity contribution in [2.24, 2.45) is 5.92 Å². The van der Waals surface area contributed by atoms with Crippen LogP contribution >= 0.6 is 0 Å². The van der Waals surface area contributed by atoms with Gasteiger partial charge in [0.05, 0.1) is 24.7 Å². The molecule has 0 radical (unpaired) electrons. The third kappa shape index (κ3) is 2.69. The van der Waals surface area contributed by atoms with Crippen molar-refractivity contribution < 1.29 is 4.74 Å². The van der Waals surface area contributed by atoms with Gasteiger partial charge in [-0.15, -0.1) is 0 Å². The normalized spacial score (nSPS) is 22.2. The molecule has 1 aliphatic rings. The van der Waals surface area contributed by atoms with E-state index in [-0.39, 0.29) is 0 Å². The first-order chi connectivity index (χ1) is 8.24. The van der Waals surface area contributed by atoms with E-state index in [4.69, 9.17) is 4.74 Å². The molecule has 0 bridgehead atoms. The lowest BCUT2D eigenvalue weighted by molar-refractivity contribution is 0.131. The van der Waals surface area contributed by atoms with Crippen LogP contribution in [0.1, 0.15) is 44.5 Å². The molecule has 1 aromatic rings. The fourth-order valence-electron chi connectivity index (χ4n) is 2.56. The summed E-state index contributed by atoms with van der Waals surface area (Å²) in [4.78, 5) is 4.32. The molecule has 0 amide bonds. The predicted molar refractivity (Wildman–Crippen MR) is 68.0 cm³/mol. The molecule has 0 saturated carbocycles. The highest BCUT2D eigenvalue weighted by Crippen LogP contribution is 2.27. The van der Waals surface area contributed by atoms with Crippen molar-refractivity contribution in [2.75, 3.05) is 20.3 Å². The number of methoxy groups -OCH3 is 1. The fourth-order valence-corrected chi connectivity index (χ4v) is 2.56. The largest absolute Gasteiger partial charge is 0.383 e. The van der Waals surface area contributed by atoms with E-state index in [0.717, 1.165) is 13.2 Å². The molecule has 1 fully saturated rings. The number of aromatic nitrogens is 2. The molecule has 1 aromatic heterocycles. The molecular formula is C13H23N3O. The van der Waals surface area contributed by atoms with Crippen molar-refractivity contribution in [3.63, 3.8) is 0 Å². The zero-order valence-corrected chi connectivity index (χ0v) is 11.0. The van der Waals surface area contributed by atoms with Crippen LogP contribution < -0.4 is 5.32 Å². The van der Waals surface area contributed by atoms with Gasteiger partial charge in [-0.3, -0.25) is 0 Å². The highest BCUT2D eigenvalue weighted by Gasteiger charge is 2.24. The molecule has 0 spiro atoms. The van der Waals surface area contributed by atoms with Crippen molar-refractivity contribution in [1.29, 1.82) is 0 Å². The third-order valence-electron chi connectivity index (χ3n) is 3.58. The van der Waals surface area contributed by atoms with E-state index in [1.165, 1.54) is 18.5 Å². The van der Waals surface area contributed by atoms with Crippen molar-refractivity contribution in [3.05, 3.63) is 18.2 Å². The average Bonchev–Trinajstić information content (AvgIpc) is 2.95. The standard InChI is InChI=1S/C13H23N3O/c1-10(2)13(8-17-3)16-9-14-7-12(16)11-5-4-6-15-11/h7,9-11,13,15H,4-6,8H2,1-3H3. The lowest BCUT2D eigenvalue weighted by Gasteiger charge is -2.25. The molecule has 4 nitrogen and oxygen atoms in total. The summed E-state index contributed by atoms with van der Waals surface area (Å²) in [6.07, 6.45) is 6.41. The van der Waals surface area contributed by atoms with Crippen LogP contribution in [0.5, 0.6) is 0 Å². The molecule has 2 unspecified atom stereocenters. The Kier molecular flexibility index (Phi) is 4.18. The Morgan fingerprint density at radius 1 is 1.59 bits per heavy atom. The first-order valence-corrected chi connectivity index (χ1v) is 6.48. The van der Waals surface area contributed by atoms with Gasteiger partial charge >= 0.3 is 0 Å². The topological polar surface area (TPSA) is 39.1 Å². The van der Waals surface area contributed by atoms with Gasteiger partial charge in [-0.2, -0.15) is 0 Å². The van der Waals surface area contributed by atoms with Crippen molar-refractivity contribution >= 4 is 0 Å². The molecule has 2 heterocycles.